The Balaban J connectivity index is 1.99. The smallest absolute Gasteiger partial charge is 0.236 e. The molecule has 0 bridgehead atoms. The number of sulfone groups is 1. The molecule has 1 amide bonds. The topological polar surface area (TPSA) is 69.7 Å². The number of nitrogens with zero attached hydrogens (tertiary/aromatic N) is 2. The van der Waals surface area contributed by atoms with E-state index in [-0.39, 0.29) is 18.2 Å². The summed E-state index contributed by atoms with van der Waals surface area (Å²) in [5, 5.41) is 2.71. The van der Waals surface area contributed by atoms with Gasteiger partial charge in [0.1, 0.15) is 5.37 Å². The van der Waals surface area contributed by atoms with Gasteiger partial charge >= 0.3 is 0 Å². The van der Waals surface area contributed by atoms with Crippen LogP contribution in [0, 0.1) is 0 Å². The molecule has 0 aromatic heterocycles. The van der Waals surface area contributed by atoms with E-state index in [9.17, 15) is 13.2 Å². The molecule has 2 aliphatic rings. The van der Waals surface area contributed by atoms with Crippen LogP contribution in [0.3, 0.4) is 0 Å². The Morgan fingerprint density at radius 3 is 2.65 bits per heavy atom. The summed E-state index contributed by atoms with van der Waals surface area (Å²) in [7, 11) is -3.12. The van der Waals surface area contributed by atoms with Crippen molar-refractivity contribution >= 4 is 27.5 Å². The van der Waals surface area contributed by atoms with Gasteiger partial charge in [-0.25, -0.2) is 8.42 Å². The van der Waals surface area contributed by atoms with E-state index in [2.05, 4.69) is 5.32 Å². The van der Waals surface area contributed by atoms with Gasteiger partial charge in [0.05, 0.1) is 6.54 Å². The van der Waals surface area contributed by atoms with Crippen LogP contribution in [0.2, 0.25) is 0 Å². The number of nitrogens with one attached hydrogen (secondary N) is 1. The summed E-state index contributed by atoms with van der Waals surface area (Å²) < 4.78 is 24.3. The third-order valence-corrected chi connectivity index (χ3v) is 7.15. The number of piperazine rings is 1. The van der Waals surface area contributed by atoms with Gasteiger partial charge in [0.15, 0.2) is 9.84 Å². The molecule has 2 rings (SSSR count). The van der Waals surface area contributed by atoms with Gasteiger partial charge in [-0.2, -0.15) is 11.8 Å². The van der Waals surface area contributed by atoms with Crippen LogP contribution in [0.4, 0.5) is 0 Å². The average molecular weight is 321 g/mol. The van der Waals surface area contributed by atoms with Crippen molar-refractivity contribution in [2.75, 3.05) is 56.5 Å². The van der Waals surface area contributed by atoms with Crippen LogP contribution in [0.25, 0.3) is 0 Å². The van der Waals surface area contributed by atoms with Crippen molar-refractivity contribution in [3.63, 3.8) is 0 Å². The van der Waals surface area contributed by atoms with E-state index in [1.54, 1.807) is 18.7 Å². The molecular weight excluding hydrogens is 298 g/mol. The molecule has 0 spiro atoms. The van der Waals surface area contributed by atoms with Gasteiger partial charge in [-0.1, -0.05) is 6.92 Å². The lowest BCUT2D eigenvalue weighted by Crippen LogP contribution is -2.54. The first-order valence-electron chi connectivity index (χ1n) is 7.06. The van der Waals surface area contributed by atoms with E-state index in [4.69, 9.17) is 0 Å². The summed E-state index contributed by atoms with van der Waals surface area (Å²) in [5.41, 5.74) is 0. The Labute approximate surface area is 125 Å². The summed E-state index contributed by atoms with van der Waals surface area (Å²) in [6, 6.07) is 0. The maximum absolute atomic E-state index is 12.3. The summed E-state index contributed by atoms with van der Waals surface area (Å²) >= 11 is 1.66. The summed E-state index contributed by atoms with van der Waals surface area (Å²) in [6.07, 6.45) is 0. The number of rotatable bonds is 4. The Kier molecular flexibility index (Phi) is 5.71. The van der Waals surface area contributed by atoms with Crippen LogP contribution in [-0.4, -0.2) is 86.0 Å². The summed E-state index contributed by atoms with van der Waals surface area (Å²) in [5.74, 6) is 1.65. The lowest BCUT2D eigenvalue weighted by Gasteiger charge is -2.36. The second-order valence-electron chi connectivity index (χ2n) is 5.08. The highest BCUT2D eigenvalue weighted by molar-refractivity contribution is 8.01. The van der Waals surface area contributed by atoms with Gasteiger partial charge in [-0.05, 0) is 0 Å². The molecule has 0 radical (unpaired) electrons. The minimum Gasteiger partial charge on any atom is -0.339 e. The van der Waals surface area contributed by atoms with E-state index in [0.29, 0.717) is 25.4 Å². The number of carbonyl (C=O) groups is 1. The van der Waals surface area contributed by atoms with Crippen LogP contribution in [0.5, 0.6) is 0 Å². The maximum Gasteiger partial charge on any atom is 0.236 e. The number of thioether (sulfide) groups is 1. The highest BCUT2D eigenvalue weighted by Crippen LogP contribution is 2.21. The third kappa shape index (κ3) is 3.87. The molecule has 1 N–H and O–H groups in total. The predicted molar refractivity (Wildman–Crippen MR) is 81.6 cm³/mol. The van der Waals surface area contributed by atoms with Crippen LogP contribution in [0.15, 0.2) is 0 Å². The first-order valence-corrected chi connectivity index (χ1v) is 9.93. The number of hydrogen-bond acceptors (Lipinski definition) is 6. The van der Waals surface area contributed by atoms with Crippen LogP contribution < -0.4 is 5.32 Å². The average Bonchev–Trinajstić information content (AvgIpc) is 2.48. The van der Waals surface area contributed by atoms with Crippen molar-refractivity contribution in [2.24, 2.45) is 0 Å². The van der Waals surface area contributed by atoms with Crippen LogP contribution in [0.1, 0.15) is 6.92 Å². The Morgan fingerprint density at radius 1 is 1.30 bits per heavy atom. The Morgan fingerprint density at radius 2 is 2.00 bits per heavy atom. The van der Waals surface area contributed by atoms with E-state index in [1.807, 2.05) is 9.80 Å². The van der Waals surface area contributed by atoms with Crippen molar-refractivity contribution in [3.8, 4) is 0 Å². The monoisotopic (exact) mass is 321 g/mol. The molecule has 1 unspecified atom stereocenters. The summed E-state index contributed by atoms with van der Waals surface area (Å²) in [4.78, 5) is 16.0. The molecule has 8 heteroatoms. The maximum atomic E-state index is 12.3. The van der Waals surface area contributed by atoms with Crippen molar-refractivity contribution in [1.82, 2.24) is 15.1 Å². The Bertz CT molecular complexity index is 435. The molecule has 2 fully saturated rings. The molecule has 0 saturated carbocycles. The van der Waals surface area contributed by atoms with Gasteiger partial charge < -0.3 is 10.2 Å². The third-order valence-electron chi connectivity index (χ3n) is 3.82. The summed E-state index contributed by atoms with van der Waals surface area (Å²) in [6.45, 7) is 5.64. The lowest BCUT2D eigenvalue weighted by molar-refractivity contribution is -0.133. The first-order chi connectivity index (χ1) is 9.54. The fourth-order valence-electron chi connectivity index (χ4n) is 2.51. The van der Waals surface area contributed by atoms with Gasteiger partial charge in [-0.15, -0.1) is 0 Å². The van der Waals surface area contributed by atoms with Gasteiger partial charge in [0.25, 0.3) is 0 Å². The van der Waals surface area contributed by atoms with E-state index in [1.165, 1.54) is 0 Å². The van der Waals surface area contributed by atoms with Crippen molar-refractivity contribution < 1.29 is 13.2 Å². The molecule has 20 heavy (non-hydrogen) atoms. The zero-order chi connectivity index (χ0) is 14.6. The molecule has 116 valence electrons. The standard InChI is InChI=1S/C12H23N3O3S2/c1-2-20(17,18)12-10-19-8-7-15(12)9-11(16)14-5-3-13-4-6-14/h12-13H,2-10H2,1H3. The second kappa shape index (κ2) is 7.11. The minimum absolute atomic E-state index is 0.0507. The van der Waals surface area contributed by atoms with E-state index < -0.39 is 15.2 Å². The van der Waals surface area contributed by atoms with Gasteiger partial charge in [-0.3, -0.25) is 9.69 Å². The zero-order valence-electron chi connectivity index (χ0n) is 11.9. The molecule has 0 aromatic carbocycles. The number of amides is 1. The van der Waals surface area contributed by atoms with Crippen LogP contribution >= 0.6 is 11.8 Å². The van der Waals surface area contributed by atoms with Gasteiger partial charge in [0.2, 0.25) is 5.91 Å². The highest BCUT2D eigenvalue weighted by Gasteiger charge is 2.34. The van der Waals surface area contributed by atoms with Crippen molar-refractivity contribution in [3.05, 3.63) is 0 Å². The van der Waals surface area contributed by atoms with Gasteiger partial charge in [0, 0.05) is 50.0 Å². The SMILES string of the molecule is CCS(=O)(=O)C1CSCCN1CC(=O)N1CCNCC1. The number of carbonyl (C=O) groups excluding carboxylic acids is 1. The van der Waals surface area contributed by atoms with E-state index >= 15 is 0 Å². The Hall–Kier alpha value is -0.310. The molecule has 6 nitrogen and oxygen atoms in total. The molecule has 2 aliphatic heterocycles. The van der Waals surface area contributed by atoms with Crippen molar-refractivity contribution in [2.45, 2.75) is 12.3 Å². The second-order valence-corrected chi connectivity index (χ2v) is 8.68. The zero-order valence-corrected chi connectivity index (χ0v) is 13.5. The molecule has 2 heterocycles. The molecular formula is C12H23N3O3S2. The molecule has 0 aromatic rings. The van der Waals surface area contributed by atoms with E-state index in [0.717, 1.165) is 18.8 Å². The minimum atomic E-state index is -3.12. The normalized spacial score (nSPS) is 25.6. The predicted octanol–water partition coefficient (Wildman–Crippen LogP) is -0.772. The lowest BCUT2D eigenvalue weighted by atomic mass is 10.3. The first kappa shape index (κ1) is 16.1. The largest absolute Gasteiger partial charge is 0.339 e. The quantitative estimate of drug-likeness (QED) is 0.733. The van der Waals surface area contributed by atoms with Crippen molar-refractivity contribution in [1.29, 1.82) is 0 Å². The number of hydrogen-bond donors (Lipinski definition) is 1. The fraction of sp³-hybridized carbons (Fsp3) is 0.917. The highest BCUT2D eigenvalue weighted by atomic mass is 32.2. The molecule has 0 aliphatic carbocycles. The van der Waals surface area contributed by atoms with Crippen LogP contribution in [-0.2, 0) is 14.6 Å². The molecule has 1 atom stereocenters. The molecule has 2 saturated heterocycles. The fourth-order valence-corrected chi connectivity index (χ4v) is 5.59.